The van der Waals surface area contributed by atoms with E-state index in [1.807, 2.05) is 6.07 Å². The van der Waals surface area contributed by atoms with Gasteiger partial charge in [0.15, 0.2) is 6.10 Å². The van der Waals surface area contributed by atoms with Gasteiger partial charge in [0.05, 0.1) is 16.2 Å². The normalized spacial score (nSPS) is 12.3. The van der Waals surface area contributed by atoms with E-state index in [9.17, 15) is 28.8 Å². The van der Waals surface area contributed by atoms with Crippen molar-refractivity contribution in [2.75, 3.05) is 23.9 Å². The predicted molar refractivity (Wildman–Crippen MR) is 185 cm³/mol. The Kier molecular flexibility index (Phi) is 33.9. The number of halogens is 9. The van der Waals surface area contributed by atoms with Crippen LogP contribution >= 0.6 is 99.8 Å². The Hall–Kier alpha value is -1.40. The van der Waals surface area contributed by atoms with E-state index >= 15 is 0 Å². The van der Waals surface area contributed by atoms with E-state index in [2.05, 4.69) is 27.9 Å². The molecule has 0 spiro atoms. The fourth-order valence-corrected chi connectivity index (χ4v) is 2.54. The largest absolute Gasteiger partial charge is 0.643 e. The molecule has 11 nitrogen and oxygen atoms in total. The lowest BCUT2D eigenvalue weighted by atomic mass is 10.0. The molecule has 21 heteroatoms. The third-order valence-electron chi connectivity index (χ3n) is 4.03. The van der Waals surface area contributed by atoms with Crippen molar-refractivity contribution in [2.45, 2.75) is 26.1 Å². The molecule has 0 aromatic heterocycles. The summed E-state index contributed by atoms with van der Waals surface area (Å²) in [5, 5.41) is 6.85. The van der Waals surface area contributed by atoms with Crippen molar-refractivity contribution >= 4 is 145 Å². The molecule has 0 bridgehead atoms. The molecule has 0 aliphatic carbocycles. The van der Waals surface area contributed by atoms with Gasteiger partial charge in [0, 0.05) is 13.8 Å². The van der Waals surface area contributed by atoms with Crippen LogP contribution in [0.3, 0.4) is 0 Å². The van der Waals surface area contributed by atoms with E-state index < -0.39 is 52.0 Å². The number of carboxylic acid groups (broad SMARTS) is 1. The van der Waals surface area contributed by atoms with Crippen LogP contribution in [-0.4, -0.2) is 86.8 Å². The van der Waals surface area contributed by atoms with E-state index in [1.54, 1.807) is 48.5 Å². The molecule has 0 amide bonds. The molecule has 0 saturated heterocycles. The summed E-state index contributed by atoms with van der Waals surface area (Å²) in [6, 6.07) is 15.6. The quantitative estimate of drug-likeness (QED) is 0.0978. The topological polar surface area (TPSA) is 160 Å². The summed E-state index contributed by atoms with van der Waals surface area (Å²) in [6.45, 7) is 2.31. The number of hydrogen-bond acceptors (Lipinski definition) is 10. The lowest BCUT2D eigenvalue weighted by Crippen LogP contribution is -2.36. The summed E-state index contributed by atoms with van der Waals surface area (Å²) in [6.07, 6.45) is -2.09. The summed E-state index contributed by atoms with van der Waals surface area (Å²) >= 11 is 26.3. The smallest absolute Gasteiger partial charge is 0.489 e. The van der Waals surface area contributed by atoms with Crippen LogP contribution < -0.4 is 9.47 Å². The van der Waals surface area contributed by atoms with Crippen LogP contribution in [0.1, 0.15) is 24.2 Å². The van der Waals surface area contributed by atoms with Crippen LogP contribution in [0.15, 0.2) is 54.6 Å². The summed E-state index contributed by atoms with van der Waals surface area (Å²) in [5.74, 6) is -1.48. The van der Waals surface area contributed by atoms with Gasteiger partial charge in [-0.05, 0) is 47.5 Å². The number of carbonyl (C=O) groups is 6. The first-order valence-electron chi connectivity index (χ1n) is 12.0. The molecular formula is C26H26AlCl9O11. The van der Waals surface area contributed by atoms with Gasteiger partial charge in [-0.1, -0.05) is 30.3 Å². The number of Topliss-reactive ketones (excluding diaryl/α,β-unsaturated/α-hetero) is 1. The Labute approximate surface area is 317 Å². The molecule has 1 aliphatic rings. The minimum absolute atomic E-state index is 0.0927. The summed E-state index contributed by atoms with van der Waals surface area (Å²) < 4.78 is 19.9. The summed E-state index contributed by atoms with van der Waals surface area (Å²) in [4.78, 5) is 62.7. The molecule has 2 atom stereocenters. The van der Waals surface area contributed by atoms with Crippen LogP contribution in [0, 0.1) is 0 Å². The van der Waals surface area contributed by atoms with Crippen molar-refractivity contribution in [1.29, 1.82) is 0 Å². The van der Waals surface area contributed by atoms with Crippen molar-refractivity contribution in [2.24, 2.45) is 0 Å². The Morgan fingerprint density at radius 2 is 1.30 bits per heavy atom. The molecule has 0 saturated carbocycles. The molecule has 2 aromatic rings. The molecule has 0 radical (unpaired) electrons. The highest BCUT2D eigenvalue weighted by atomic mass is 35.8. The second kappa shape index (κ2) is 31.8. The zero-order valence-electron chi connectivity index (χ0n) is 24.2. The minimum Gasteiger partial charge on any atom is -0.489 e. The number of alkyl halides is 4. The predicted octanol–water partition coefficient (Wildman–Crippen LogP) is 7.32. The van der Waals surface area contributed by atoms with Crippen LogP contribution in [0.5, 0.6) is 11.5 Å². The highest BCUT2D eigenvalue weighted by molar-refractivity contribution is 7.54. The van der Waals surface area contributed by atoms with Gasteiger partial charge in [-0.2, -0.15) is 0 Å². The number of carbonyl (C=O) groups excluding carboxylic acids is 5. The van der Waals surface area contributed by atoms with Gasteiger partial charge in [-0.3, -0.25) is 24.0 Å². The molecule has 0 unspecified atom stereocenters. The number of fused-ring (bicyclic) bond motifs is 1. The van der Waals surface area contributed by atoms with Gasteiger partial charge in [-0.15, -0.1) is 46.4 Å². The number of ketones is 1. The highest BCUT2D eigenvalue weighted by Gasteiger charge is 2.30. The fraction of sp³-hybridized carbons (Fsp3) is 0.308. The minimum atomic E-state index is -1.72. The molecule has 47 heavy (non-hydrogen) atoms. The van der Waals surface area contributed by atoms with E-state index in [1.165, 1.54) is 6.92 Å². The highest BCUT2D eigenvalue weighted by Crippen LogP contribution is 2.25. The number of esters is 2. The Morgan fingerprint density at radius 1 is 0.851 bits per heavy atom. The zero-order chi connectivity index (χ0) is 36.9. The Bertz CT molecular complexity index is 1210. The van der Waals surface area contributed by atoms with Gasteiger partial charge < -0.3 is 24.1 Å². The molecule has 1 heterocycles. The Balaban J connectivity index is -0.000000571. The van der Waals surface area contributed by atoms with E-state index in [0.717, 1.165) is 6.92 Å². The van der Waals surface area contributed by atoms with Crippen molar-refractivity contribution in [3.63, 3.8) is 0 Å². The lowest BCUT2D eigenvalue weighted by Gasteiger charge is -2.23. The molecule has 0 fully saturated rings. The maximum absolute atomic E-state index is 11.8. The standard InChI is InChI=1S/C11H12O5.C11H10O4.C2Cl2O2.2CH2Cl2.Al.3ClH/c1-8(12)16-10(11(13)14)7-15-9-5-3-2-4-6-9;1-7(12)15-10-6-14-9-5-3-2-4-8(9)11(10)13;3-1(5)2(4)6;2*2-1-3;;;;/h2-6,10H,7H2,1H3,(H,13,14);2-5,10H,6H2,1H3;;2*1H2;;3*1H/q;;;;;+3;;;/p-3/t2*10-;;;;;;;/m11......./s1. The third kappa shape index (κ3) is 30.4. The van der Waals surface area contributed by atoms with Crippen molar-refractivity contribution in [3.8, 4) is 11.5 Å². The van der Waals surface area contributed by atoms with Gasteiger partial charge >= 0.3 is 39.8 Å². The van der Waals surface area contributed by atoms with Crippen molar-refractivity contribution < 1.29 is 52.8 Å². The van der Waals surface area contributed by atoms with Gasteiger partial charge in [0.25, 0.3) is 0 Å². The SMILES string of the molecule is CC(=O)O[C@@H]1COc2ccccc2C1=O.CC(=O)O[C@H](COc1ccccc1)C(=O)O.ClCCl.ClCCl.O=C(Cl)C(=O)Cl.[Cl][Al]([Cl])[Cl]. The number of para-hydroxylation sites is 2. The average Bonchev–Trinajstić information content (AvgIpc) is 2.98. The lowest BCUT2D eigenvalue weighted by molar-refractivity contribution is -0.164. The fourth-order valence-electron chi connectivity index (χ4n) is 2.54. The number of hydrogen-bond donors (Lipinski definition) is 1. The van der Waals surface area contributed by atoms with Gasteiger partial charge in [0.2, 0.25) is 11.9 Å². The maximum atomic E-state index is 11.8. The molecule has 2 aromatic carbocycles. The molecular weight excluding hydrogens is 834 g/mol. The first kappa shape index (κ1) is 50.0. The first-order chi connectivity index (χ1) is 22.0. The van der Waals surface area contributed by atoms with Crippen LogP contribution in [0.4, 0.5) is 0 Å². The van der Waals surface area contributed by atoms with Gasteiger partial charge in [-0.25, -0.2) is 34.9 Å². The average molecular weight is 861 g/mol. The second-order valence-electron chi connectivity index (χ2n) is 7.33. The monoisotopic (exact) mass is 856 g/mol. The summed E-state index contributed by atoms with van der Waals surface area (Å²) in [7, 11) is 14.8. The number of aliphatic carboxylic acids is 1. The van der Waals surface area contributed by atoms with E-state index in [-0.39, 0.29) is 29.7 Å². The maximum Gasteiger partial charge on any atom is 0.643 e. The number of rotatable bonds is 7. The number of benzene rings is 2. The van der Waals surface area contributed by atoms with Crippen molar-refractivity contribution in [1.82, 2.24) is 0 Å². The van der Waals surface area contributed by atoms with Crippen LogP contribution in [0.2, 0.25) is 0 Å². The van der Waals surface area contributed by atoms with E-state index in [0.29, 0.717) is 17.1 Å². The van der Waals surface area contributed by atoms with Crippen LogP contribution in [-0.2, 0) is 33.4 Å². The second-order valence-corrected chi connectivity index (χ2v) is 16.1. The zero-order valence-corrected chi connectivity index (χ0v) is 32.1. The number of ether oxygens (including phenoxy) is 4. The van der Waals surface area contributed by atoms with E-state index in [4.69, 9.17) is 95.9 Å². The Morgan fingerprint density at radius 3 is 1.70 bits per heavy atom. The van der Waals surface area contributed by atoms with Crippen LogP contribution in [0.25, 0.3) is 0 Å². The summed E-state index contributed by atoms with van der Waals surface area (Å²) in [5.41, 5.74) is 0.468. The molecule has 3 rings (SSSR count). The first-order valence-corrected chi connectivity index (χ1v) is 20.2. The van der Waals surface area contributed by atoms with Gasteiger partial charge in [0.1, 0.15) is 24.7 Å². The number of carboxylic acids is 1. The molecule has 262 valence electrons. The third-order valence-corrected chi connectivity index (χ3v) is 4.47. The van der Waals surface area contributed by atoms with Crippen molar-refractivity contribution in [3.05, 3.63) is 60.2 Å². The molecule has 1 aliphatic heterocycles. The molecule has 1 N–H and O–H groups in total.